The van der Waals surface area contributed by atoms with E-state index < -0.39 is 0 Å². The van der Waals surface area contributed by atoms with Gasteiger partial charge in [0.15, 0.2) is 0 Å². The summed E-state index contributed by atoms with van der Waals surface area (Å²) in [5, 5.41) is 0. The van der Waals surface area contributed by atoms with Crippen molar-refractivity contribution in [2.24, 2.45) is 0 Å². The van der Waals surface area contributed by atoms with E-state index in [1.807, 2.05) is 24.0 Å². The highest BCUT2D eigenvalue weighted by molar-refractivity contribution is 7.99. The average Bonchev–Trinajstić information content (AvgIpc) is 3.16. The number of carbonyl (C=O) groups is 1. The van der Waals surface area contributed by atoms with E-state index in [9.17, 15) is 4.79 Å². The van der Waals surface area contributed by atoms with E-state index in [2.05, 4.69) is 0 Å². The quantitative estimate of drug-likeness (QED) is 0.831. The molecular weight excluding hydrogens is 298 g/mol. The molecule has 2 atom stereocenters. The van der Waals surface area contributed by atoms with Crippen molar-refractivity contribution in [2.45, 2.75) is 51.2 Å². The second-order valence-corrected chi connectivity index (χ2v) is 7.23. The lowest BCUT2D eigenvalue weighted by Crippen LogP contribution is -2.32. The van der Waals surface area contributed by atoms with Crippen molar-refractivity contribution in [3.63, 3.8) is 0 Å². The minimum atomic E-state index is 0.132. The van der Waals surface area contributed by atoms with Crippen LogP contribution in [0.25, 0.3) is 0 Å². The third kappa shape index (κ3) is 3.87. The zero-order valence-electron chi connectivity index (χ0n) is 13.3. The van der Waals surface area contributed by atoms with Crippen LogP contribution in [0.5, 0.6) is 0 Å². The highest BCUT2D eigenvalue weighted by atomic mass is 32.2. The Labute approximate surface area is 136 Å². The van der Waals surface area contributed by atoms with Gasteiger partial charge in [-0.05, 0) is 51.2 Å². The van der Waals surface area contributed by atoms with Crippen LogP contribution >= 0.6 is 11.8 Å². The van der Waals surface area contributed by atoms with E-state index in [0.29, 0.717) is 11.9 Å². The Kier molecular flexibility index (Phi) is 5.47. The van der Waals surface area contributed by atoms with Crippen molar-refractivity contribution in [3.8, 4) is 0 Å². The highest BCUT2D eigenvalue weighted by Gasteiger charge is 2.31. The number of rotatable bonds is 5. The van der Waals surface area contributed by atoms with Crippen LogP contribution in [0.1, 0.15) is 49.7 Å². The van der Waals surface area contributed by atoms with Gasteiger partial charge < -0.3 is 14.1 Å². The molecule has 22 heavy (non-hydrogen) atoms. The highest BCUT2D eigenvalue weighted by Crippen LogP contribution is 2.33. The molecule has 1 aromatic rings. The molecule has 2 fully saturated rings. The first kappa shape index (κ1) is 15.9. The first-order valence-electron chi connectivity index (χ1n) is 8.29. The molecule has 3 heterocycles. The molecule has 0 bridgehead atoms. The number of hydrogen-bond donors (Lipinski definition) is 0. The Balaban J connectivity index is 1.48. The number of furan rings is 1. The van der Waals surface area contributed by atoms with E-state index in [0.717, 1.165) is 49.7 Å². The Hall–Kier alpha value is -0.940. The number of hydrogen-bond acceptors (Lipinski definition) is 4. The largest absolute Gasteiger partial charge is 0.464 e. The van der Waals surface area contributed by atoms with Gasteiger partial charge in [-0.15, -0.1) is 11.8 Å². The monoisotopic (exact) mass is 323 g/mol. The fourth-order valence-corrected chi connectivity index (χ4v) is 4.28. The molecule has 0 radical (unpaired) electrons. The van der Waals surface area contributed by atoms with Crippen molar-refractivity contribution in [1.29, 1.82) is 0 Å². The van der Waals surface area contributed by atoms with Crippen molar-refractivity contribution in [3.05, 3.63) is 23.7 Å². The molecule has 5 heteroatoms. The van der Waals surface area contributed by atoms with Gasteiger partial charge >= 0.3 is 0 Å². The summed E-state index contributed by atoms with van der Waals surface area (Å²) in [6, 6.07) is 4.12. The number of ether oxygens (including phenoxy) is 1. The molecule has 2 saturated heterocycles. The predicted octanol–water partition coefficient (Wildman–Crippen LogP) is 3.55. The SMILES string of the molecule is Cc1ccc([C@@H]2CCCN2C(=O)CSC[C@H]2CCCCO2)o1. The van der Waals surface area contributed by atoms with Gasteiger partial charge in [-0.1, -0.05) is 0 Å². The van der Waals surface area contributed by atoms with Crippen LogP contribution in [-0.4, -0.2) is 41.6 Å². The van der Waals surface area contributed by atoms with Gasteiger partial charge in [0.25, 0.3) is 0 Å². The molecule has 0 spiro atoms. The third-order valence-corrected chi connectivity index (χ3v) is 5.52. The first-order valence-corrected chi connectivity index (χ1v) is 9.44. The summed E-state index contributed by atoms with van der Waals surface area (Å²) in [7, 11) is 0. The number of amides is 1. The summed E-state index contributed by atoms with van der Waals surface area (Å²) < 4.78 is 11.4. The van der Waals surface area contributed by atoms with Gasteiger partial charge in [0.1, 0.15) is 11.5 Å². The molecule has 0 unspecified atom stereocenters. The lowest BCUT2D eigenvalue weighted by atomic mass is 10.1. The molecule has 1 amide bonds. The van der Waals surface area contributed by atoms with Crippen LogP contribution in [-0.2, 0) is 9.53 Å². The minimum absolute atomic E-state index is 0.132. The Morgan fingerprint density at radius 2 is 2.23 bits per heavy atom. The molecule has 2 aliphatic rings. The van der Waals surface area contributed by atoms with E-state index >= 15 is 0 Å². The maximum Gasteiger partial charge on any atom is 0.233 e. The molecule has 3 rings (SSSR count). The van der Waals surface area contributed by atoms with Crippen LogP contribution < -0.4 is 0 Å². The van der Waals surface area contributed by atoms with E-state index in [1.165, 1.54) is 12.8 Å². The third-order valence-electron chi connectivity index (χ3n) is 4.47. The van der Waals surface area contributed by atoms with Crippen LogP contribution in [0.2, 0.25) is 0 Å². The lowest BCUT2D eigenvalue weighted by Gasteiger charge is -2.24. The summed E-state index contributed by atoms with van der Waals surface area (Å²) in [5.74, 6) is 3.57. The summed E-state index contributed by atoms with van der Waals surface area (Å²) in [5.41, 5.74) is 0. The minimum Gasteiger partial charge on any atom is -0.464 e. The van der Waals surface area contributed by atoms with Crippen molar-refractivity contribution >= 4 is 17.7 Å². The lowest BCUT2D eigenvalue weighted by molar-refractivity contribution is -0.129. The summed E-state index contributed by atoms with van der Waals surface area (Å²) >= 11 is 1.71. The number of thioether (sulfide) groups is 1. The Bertz CT molecular complexity index is 496. The van der Waals surface area contributed by atoms with Gasteiger partial charge in [0.05, 0.1) is 17.9 Å². The first-order chi connectivity index (χ1) is 10.7. The smallest absolute Gasteiger partial charge is 0.233 e. The zero-order chi connectivity index (χ0) is 15.4. The average molecular weight is 323 g/mol. The summed E-state index contributed by atoms with van der Waals surface area (Å²) in [4.78, 5) is 14.5. The molecule has 4 nitrogen and oxygen atoms in total. The number of aryl methyl sites for hydroxylation is 1. The van der Waals surface area contributed by atoms with Gasteiger partial charge in [-0.3, -0.25) is 4.79 Å². The molecular formula is C17H25NO3S. The molecule has 1 aromatic heterocycles. The summed E-state index contributed by atoms with van der Waals surface area (Å²) in [6.07, 6.45) is 5.98. The van der Waals surface area contributed by atoms with Crippen LogP contribution in [0.3, 0.4) is 0 Å². The Morgan fingerprint density at radius 3 is 2.95 bits per heavy atom. The molecule has 0 aromatic carbocycles. The van der Waals surface area contributed by atoms with Gasteiger partial charge in [0.2, 0.25) is 5.91 Å². The van der Waals surface area contributed by atoms with Crippen molar-refractivity contribution in [1.82, 2.24) is 4.90 Å². The standard InChI is InChI=1S/C17H25NO3S/c1-13-7-8-16(21-13)15-6-4-9-18(15)17(19)12-22-11-14-5-2-3-10-20-14/h7-8,14-15H,2-6,9-12H2,1H3/t14-,15+/m1/s1. The van der Waals surface area contributed by atoms with Gasteiger partial charge in [0, 0.05) is 18.9 Å². The predicted molar refractivity (Wildman–Crippen MR) is 88.0 cm³/mol. The summed E-state index contributed by atoms with van der Waals surface area (Å²) in [6.45, 7) is 3.68. The number of nitrogens with zero attached hydrogens (tertiary/aromatic N) is 1. The van der Waals surface area contributed by atoms with E-state index in [4.69, 9.17) is 9.15 Å². The van der Waals surface area contributed by atoms with E-state index in [-0.39, 0.29) is 11.9 Å². The molecule has 0 aliphatic carbocycles. The van der Waals surface area contributed by atoms with E-state index in [1.54, 1.807) is 11.8 Å². The van der Waals surface area contributed by atoms with Crippen LogP contribution in [0.4, 0.5) is 0 Å². The van der Waals surface area contributed by atoms with Gasteiger partial charge in [-0.25, -0.2) is 0 Å². The van der Waals surface area contributed by atoms with Gasteiger partial charge in [-0.2, -0.15) is 0 Å². The number of likely N-dealkylation sites (tertiary alicyclic amines) is 1. The van der Waals surface area contributed by atoms with Crippen LogP contribution in [0, 0.1) is 6.92 Å². The topological polar surface area (TPSA) is 42.7 Å². The Morgan fingerprint density at radius 1 is 1.32 bits per heavy atom. The van der Waals surface area contributed by atoms with Crippen LogP contribution in [0.15, 0.2) is 16.5 Å². The second kappa shape index (κ2) is 7.55. The molecule has 122 valence electrons. The number of carbonyl (C=O) groups excluding carboxylic acids is 1. The molecule has 0 saturated carbocycles. The van der Waals surface area contributed by atoms with Crippen molar-refractivity contribution < 1.29 is 13.9 Å². The maximum absolute atomic E-state index is 12.5. The fraction of sp³-hybridized carbons (Fsp3) is 0.706. The zero-order valence-corrected chi connectivity index (χ0v) is 14.1. The molecule has 2 aliphatic heterocycles. The fourth-order valence-electron chi connectivity index (χ4n) is 3.29. The molecule has 0 N–H and O–H groups in total. The second-order valence-electron chi connectivity index (χ2n) is 6.20. The van der Waals surface area contributed by atoms with Crippen molar-refractivity contribution in [2.75, 3.05) is 24.7 Å². The maximum atomic E-state index is 12.5. The normalized spacial score (nSPS) is 25.6.